The minimum Gasteiger partial charge on any atom is -0.439 e. The van der Waals surface area contributed by atoms with Crippen LogP contribution in [-0.2, 0) is 11.3 Å². The first-order valence-electron chi connectivity index (χ1n) is 7.37. The lowest BCUT2D eigenvalue weighted by molar-refractivity contribution is -0.125. The predicted molar refractivity (Wildman–Crippen MR) is 99.9 cm³/mol. The number of pyridine rings is 1. The molecule has 0 saturated carbocycles. The zero-order valence-electron chi connectivity index (χ0n) is 13.9. The number of ether oxygens (including phenoxy) is 1. The van der Waals surface area contributed by atoms with Gasteiger partial charge in [-0.1, -0.05) is 6.92 Å². The summed E-state index contributed by atoms with van der Waals surface area (Å²) in [5.41, 5.74) is 6.56. The van der Waals surface area contributed by atoms with E-state index in [0.717, 1.165) is 5.56 Å². The Morgan fingerprint density at radius 2 is 1.88 bits per heavy atom. The molecule has 138 valence electrons. The van der Waals surface area contributed by atoms with Crippen molar-refractivity contribution in [2.75, 3.05) is 0 Å². The lowest BCUT2D eigenvalue weighted by Gasteiger charge is -2.15. The topological polar surface area (TPSA) is 77.2 Å². The van der Waals surface area contributed by atoms with Gasteiger partial charge in [-0.05, 0) is 42.8 Å². The van der Waals surface area contributed by atoms with Gasteiger partial charge in [0.15, 0.2) is 0 Å². The van der Waals surface area contributed by atoms with Crippen molar-refractivity contribution in [1.82, 2.24) is 10.3 Å². The molecule has 1 aromatic carbocycles. The molecule has 2 atom stereocenters. The average molecular weight is 390 g/mol. The number of hydrogen-bond donors (Lipinski definition) is 2. The molecule has 1 amide bonds. The second kappa shape index (κ2) is 10.9. The molecule has 0 aliphatic rings. The Bertz CT molecular complexity index is 669. The van der Waals surface area contributed by atoms with Crippen LogP contribution in [0, 0.1) is 11.7 Å². The minimum absolute atomic E-state index is 0. The van der Waals surface area contributed by atoms with Gasteiger partial charge in [-0.15, -0.1) is 24.8 Å². The number of rotatable bonds is 6. The molecule has 1 aromatic heterocycles. The van der Waals surface area contributed by atoms with Crippen LogP contribution in [0.15, 0.2) is 42.6 Å². The number of nitrogens with one attached hydrogen (secondary N) is 1. The van der Waals surface area contributed by atoms with Crippen LogP contribution in [0.1, 0.15) is 19.4 Å². The molecule has 0 spiro atoms. The molecule has 0 saturated heterocycles. The summed E-state index contributed by atoms with van der Waals surface area (Å²) in [6.45, 7) is 3.94. The molecule has 0 aliphatic carbocycles. The summed E-state index contributed by atoms with van der Waals surface area (Å²) >= 11 is 0. The van der Waals surface area contributed by atoms with Crippen LogP contribution >= 0.6 is 24.8 Å². The van der Waals surface area contributed by atoms with E-state index < -0.39 is 0 Å². The van der Waals surface area contributed by atoms with Crippen molar-refractivity contribution < 1.29 is 13.9 Å². The highest BCUT2D eigenvalue weighted by molar-refractivity contribution is 5.85. The molecular formula is C17H22Cl2FN3O2. The number of halogens is 3. The molecule has 2 unspecified atom stereocenters. The van der Waals surface area contributed by atoms with E-state index in [1.165, 1.54) is 24.3 Å². The van der Waals surface area contributed by atoms with Crippen molar-refractivity contribution in [3.63, 3.8) is 0 Å². The van der Waals surface area contributed by atoms with E-state index >= 15 is 0 Å². The van der Waals surface area contributed by atoms with Crippen molar-refractivity contribution in [3.8, 4) is 11.6 Å². The third-order valence-corrected chi connectivity index (χ3v) is 3.50. The number of nitrogens with zero attached hydrogens (tertiary/aromatic N) is 1. The number of amides is 1. The maximum atomic E-state index is 12.9. The summed E-state index contributed by atoms with van der Waals surface area (Å²) in [6, 6.07) is 8.98. The van der Waals surface area contributed by atoms with E-state index in [1.807, 2.05) is 0 Å². The summed E-state index contributed by atoms with van der Waals surface area (Å²) in [5.74, 6) is 0.184. The van der Waals surface area contributed by atoms with E-state index in [0.29, 0.717) is 18.2 Å². The highest BCUT2D eigenvalue weighted by Crippen LogP contribution is 2.20. The number of benzene rings is 1. The summed E-state index contributed by atoms with van der Waals surface area (Å²) in [6.07, 6.45) is 1.59. The molecule has 8 heteroatoms. The van der Waals surface area contributed by atoms with Crippen molar-refractivity contribution in [2.45, 2.75) is 26.4 Å². The van der Waals surface area contributed by atoms with Gasteiger partial charge in [0.1, 0.15) is 11.6 Å². The number of nitrogens with two attached hydrogens (primary N) is 1. The van der Waals surface area contributed by atoms with Gasteiger partial charge in [0.25, 0.3) is 0 Å². The third-order valence-electron chi connectivity index (χ3n) is 3.50. The van der Waals surface area contributed by atoms with Gasteiger partial charge >= 0.3 is 0 Å². The van der Waals surface area contributed by atoms with E-state index in [9.17, 15) is 9.18 Å². The van der Waals surface area contributed by atoms with Gasteiger partial charge in [-0.2, -0.15) is 0 Å². The van der Waals surface area contributed by atoms with Crippen LogP contribution in [0.25, 0.3) is 0 Å². The molecule has 5 nitrogen and oxygen atoms in total. The largest absolute Gasteiger partial charge is 0.439 e. The minimum atomic E-state index is -0.329. The number of aromatic nitrogens is 1. The van der Waals surface area contributed by atoms with E-state index in [-0.39, 0.29) is 48.5 Å². The zero-order valence-corrected chi connectivity index (χ0v) is 15.6. The summed E-state index contributed by atoms with van der Waals surface area (Å²) in [4.78, 5) is 16.0. The monoisotopic (exact) mass is 389 g/mol. The Morgan fingerprint density at radius 3 is 2.48 bits per heavy atom. The van der Waals surface area contributed by atoms with Crippen molar-refractivity contribution in [2.24, 2.45) is 11.7 Å². The Kier molecular flexibility index (Phi) is 10.0. The lowest BCUT2D eigenvalue weighted by Crippen LogP contribution is -2.38. The van der Waals surface area contributed by atoms with Crippen LogP contribution in [-0.4, -0.2) is 16.9 Å². The number of carbonyl (C=O) groups is 1. The summed E-state index contributed by atoms with van der Waals surface area (Å²) in [5, 5.41) is 2.83. The fraction of sp³-hybridized carbons (Fsp3) is 0.294. The van der Waals surface area contributed by atoms with Crippen LogP contribution in [0.2, 0.25) is 0 Å². The van der Waals surface area contributed by atoms with Crippen LogP contribution < -0.4 is 15.8 Å². The molecule has 0 fully saturated rings. The van der Waals surface area contributed by atoms with Gasteiger partial charge in [0.05, 0.1) is 0 Å². The van der Waals surface area contributed by atoms with Crippen LogP contribution in [0.3, 0.4) is 0 Å². The van der Waals surface area contributed by atoms with Crippen molar-refractivity contribution in [3.05, 3.63) is 54.0 Å². The molecule has 0 aliphatic heterocycles. The first-order valence-corrected chi connectivity index (χ1v) is 7.37. The molecule has 2 rings (SSSR count). The Hall–Kier alpha value is -1.89. The van der Waals surface area contributed by atoms with Gasteiger partial charge in [-0.3, -0.25) is 4.79 Å². The highest BCUT2D eigenvalue weighted by Gasteiger charge is 2.16. The molecule has 3 N–H and O–H groups in total. The molecule has 0 radical (unpaired) electrons. The Morgan fingerprint density at radius 1 is 1.24 bits per heavy atom. The van der Waals surface area contributed by atoms with Gasteiger partial charge < -0.3 is 15.8 Å². The first-order chi connectivity index (χ1) is 11.0. The Labute approximate surface area is 159 Å². The molecule has 2 aromatic rings. The van der Waals surface area contributed by atoms with Gasteiger partial charge in [0.2, 0.25) is 11.8 Å². The van der Waals surface area contributed by atoms with E-state index in [2.05, 4.69) is 10.3 Å². The van der Waals surface area contributed by atoms with Crippen LogP contribution in [0.4, 0.5) is 4.39 Å². The highest BCUT2D eigenvalue weighted by atomic mass is 35.5. The van der Waals surface area contributed by atoms with Crippen LogP contribution in [0.5, 0.6) is 11.6 Å². The standard InChI is InChI=1S/C17H20FN3O2.2ClH/c1-11(12(2)19)17(22)21-10-13-7-8-20-16(9-13)23-15-5-3-14(18)4-6-15;;/h3-9,11-12H,10,19H2,1-2H3,(H,21,22);2*1H. The normalized spacial score (nSPS) is 12.2. The Balaban J connectivity index is 0.00000288. The predicted octanol–water partition coefficient (Wildman–Crippen LogP) is 3.46. The fourth-order valence-electron chi connectivity index (χ4n) is 1.83. The average Bonchev–Trinajstić information content (AvgIpc) is 2.54. The third kappa shape index (κ3) is 7.25. The second-order valence-corrected chi connectivity index (χ2v) is 5.42. The van der Waals surface area contributed by atoms with Gasteiger partial charge in [0, 0.05) is 30.8 Å². The van der Waals surface area contributed by atoms with Gasteiger partial charge in [-0.25, -0.2) is 9.37 Å². The second-order valence-electron chi connectivity index (χ2n) is 5.42. The molecule has 25 heavy (non-hydrogen) atoms. The molecular weight excluding hydrogens is 368 g/mol. The first kappa shape index (κ1) is 23.1. The molecule has 1 heterocycles. The smallest absolute Gasteiger partial charge is 0.224 e. The number of carbonyl (C=O) groups excluding carboxylic acids is 1. The SMILES string of the molecule is CC(N)C(C)C(=O)NCc1ccnc(Oc2ccc(F)cc2)c1.Cl.Cl. The number of hydrogen-bond acceptors (Lipinski definition) is 4. The fourth-order valence-corrected chi connectivity index (χ4v) is 1.83. The zero-order chi connectivity index (χ0) is 16.8. The quantitative estimate of drug-likeness (QED) is 0.792. The maximum Gasteiger partial charge on any atom is 0.224 e. The van der Waals surface area contributed by atoms with E-state index in [4.69, 9.17) is 10.5 Å². The van der Waals surface area contributed by atoms with Crippen molar-refractivity contribution >= 4 is 30.7 Å². The summed E-state index contributed by atoms with van der Waals surface area (Å²) < 4.78 is 18.4. The lowest BCUT2D eigenvalue weighted by atomic mass is 10.0. The van der Waals surface area contributed by atoms with E-state index in [1.54, 1.807) is 32.2 Å². The summed E-state index contributed by atoms with van der Waals surface area (Å²) in [7, 11) is 0. The molecule has 0 bridgehead atoms. The van der Waals surface area contributed by atoms with Crippen molar-refractivity contribution in [1.29, 1.82) is 0 Å². The maximum absolute atomic E-state index is 12.9.